The first-order chi connectivity index (χ1) is 13.3. The van der Waals surface area contributed by atoms with Crippen molar-refractivity contribution in [2.24, 2.45) is 10.8 Å². The van der Waals surface area contributed by atoms with Gasteiger partial charge in [0.05, 0.1) is 23.3 Å². The minimum atomic E-state index is -0.485. The monoisotopic (exact) mass is 444 g/mol. The van der Waals surface area contributed by atoms with Gasteiger partial charge in [-0.2, -0.15) is 0 Å². The Morgan fingerprint density at radius 3 is 1.45 bits per heavy atom. The molecule has 0 amide bonds. The molecule has 2 aromatic rings. The number of hydrogen-bond acceptors (Lipinski definition) is 3. The topological polar surface area (TPSA) is 61.3 Å². The zero-order chi connectivity index (χ0) is 22.0. The molecule has 7 heteroatoms. The van der Waals surface area contributed by atoms with Crippen LogP contribution in [0.4, 0.5) is 20.2 Å². The van der Waals surface area contributed by atoms with Crippen molar-refractivity contribution in [3.05, 3.63) is 57.1 Å². The quantitative estimate of drug-likeness (QED) is 0.470. The van der Waals surface area contributed by atoms with E-state index in [2.05, 4.69) is 0 Å². The molecule has 0 fully saturated rings. The molecule has 0 spiro atoms. The van der Waals surface area contributed by atoms with Crippen molar-refractivity contribution in [2.75, 3.05) is 24.7 Å². The van der Waals surface area contributed by atoms with Crippen molar-refractivity contribution in [2.45, 2.75) is 40.5 Å². The highest BCUT2D eigenvalue weighted by molar-refractivity contribution is 6.31. The van der Waals surface area contributed by atoms with Crippen LogP contribution in [-0.2, 0) is 17.6 Å². The second-order valence-electron chi connectivity index (χ2n) is 9.11. The molecule has 0 aromatic heterocycles. The third-order valence-corrected chi connectivity index (χ3v) is 5.27. The Bertz CT molecular complexity index is 814. The molecule has 4 N–H and O–H groups in total. The normalized spacial score (nSPS) is 12.4. The average molecular weight is 445 g/mol. The van der Waals surface area contributed by atoms with Crippen LogP contribution in [0.25, 0.3) is 0 Å². The van der Waals surface area contributed by atoms with Crippen LogP contribution >= 0.6 is 23.2 Å². The van der Waals surface area contributed by atoms with Gasteiger partial charge in [-0.15, -0.1) is 0 Å². The van der Waals surface area contributed by atoms with E-state index in [9.17, 15) is 8.78 Å². The molecule has 0 saturated heterocycles. The first kappa shape index (κ1) is 23.7. The van der Waals surface area contributed by atoms with Gasteiger partial charge >= 0.3 is 0 Å². The van der Waals surface area contributed by atoms with Crippen molar-refractivity contribution < 1.29 is 13.5 Å². The highest BCUT2D eigenvalue weighted by Crippen LogP contribution is 2.32. The molecule has 2 aromatic carbocycles. The zero-order valence-corrected chi connectivity index (χ0v) is 18.7. The van der Waals surface area contributed by atoms with E-state index in [4.69, 9.17) is 39.4 Å². The van der Waals surface area contributed by atoms with Crippen molar-refractivity contribution >= 4 is 34.6 Å². The Kier molecular flexibility index (Phi) is 7.42. The van der Waals surface area contributed by atoms with Crippen LogP contribution in [-0.4, -0.2) is 13.2 Å². The predicted molar refractivity (Wildman–Crippen MR) is 117 cm³/mol. The van der Waals surface area contributed by atoms with E-state index in [0.717, 1.165) is 0 Å². The van der Waals surface area contributed by atoms with Crippen LogP contribution in [0.2, 0.25) is 10.0 Å². The Morgan fingerprint density at radius 1 is 0.759 bits per heavy atom. The van der Waals surface area contributed by atoms with Gasteiger partial charge in [-0.05, 0) is 59.1 Å². The summed E-state index contributed by atoms with van der Waals surface area (Å²) in [5.74, 6) is -0.969. The first-order valence-electron chi connectivity index (χ1n) is 9.34. The molecule has 0 saturated carbocycles. The van der Waals surface area contributed by atoms with Gasteiger partial charge in [-0.3, -0.25) is 0 Å². The van der Waals surface area contributed by atoms with Crippen LogP contribution in [0, 0.1) is 22.5 Å². The van der Waals surface area contributed by atoms with Crippen molar-refractivity contribution in [3.63, 3.8) is 0 Å². The summed E-state index contributed by atoms with van der Waals surface area (Å²) in [6, 6.07) is 5.62. The summed E-state index contributed by atoms with van der Waals surface area (Å²) in [4.78, 5) is 0. The van der Waals surface area contributed by atoms with E-state index in [1.165, 1.54) is 24.3 Å². The fraction of sp³-hybridized carbons (Fsp3) is 0.455. The third kappa shape index (κ3) is 6.73. The fourth-order valence-corrected chi connectivity index (χ4v) is 3.59. The largest absolute Gasteiger partial charge is 0.398 e. The van der Waals surface area contributed by atoms with Gasteiger partial charge in [0.1, 0.15) is 11.6 Å². The van der Waals surface area contributed by atoms with E-state index in [1.807, 2.05) is 27.7 Å². The molecule has 29 heavy (non-hydrogen) atoms. The minimum Gasteiger partial charge on any atom is -0.398 e. The minimum absolute atomic E-state index is 0.0139. The van der Waals surface area contributed by atoms with Crippen molar-refractivity contribution in [3.8, 4) is 0 Å². The number of hydrogen-bond donors (Lipinski definition) is 2. The zero-order valence-electron chi connectivity index (χ0n) is 17.2. The lowest BCUT2D eigenvalue weighted by molar-refractivity contribution is 0.0155. The van der Waals surface area contributed by atoms with Crippen LogP contribution in [0.3, 0.4) is 0 Å². The third-order valence-electron chi connectivity index (χ3n) is 4.69. The number of anilines is 2. The van der Waals surface area contributed by atoms with Gasteiger partial charge < -0.3 is 16.2 Å². The van der Waals surface area contributed by atoms with Gasteiger partial charge in [0.25, 0.3) is 0 Å². The Morgan fingerprint density at radius 2 is 1.10 bits per heavy atom. The Balaban J connectivity index is 1.97. The van der Waals surface area contributed by atoms with Gasteiger partial charge in [0.15, 0.2) is 0 Å². The number of ether oxygens (including phenoxy) is 1. The lowest BCUT2D eigenvalue weighted by Crippen LogP contribution is -2.28. The van der Waals surface area contributed by atoms with Gasteiger partial charge in [-0.25, -0.2) is 8.78 Å². The first-order valence-corrected chi connectivity index (χ1v) is 10.1. The summed E-state index contributed by atoms with van der Waals surface area (Å²) in [5, 5.41) is 0.0277. The summed E-state index contributed by atoms with van der Waals surface area (Å²) < 4.78 is 33.5. The van der Waals surface area contributed by atoms with E-state index < -0.39 is 11.6 Å². The van der Waals surface area contributed by atoms with Crippen LogP contribution < -0.4 is 11.5 Å². The summed E-state index contributed by atoms with van der Waals surface area (Å²) in [5.41, 5.74) is 13.7. The van der Waals surface area contributed by atoms with Crippen molar-refractivity contribution in [1.29, 1.82) is 0 Å². The summed E-state index contributed by atoms with van der Waals surface area (Å²) >= 11 is 11.5. The molecular weight excluding hydrogens is 417 g/mol. The predicted octanol–water partition coefficient (Wildman–Crippen LogP) is 6.29. The molecule has 160 valence electrons. The molecule has 0 aliphatic carbocycles. The molecule has 0 unspecified atom stereocenters. The summed E-state index contributed by atoms with van der Waals surface area (Å²) in [6.07, 6.45) is 1.09. The van der Waals surface area contributed by atoms with Crippen molar-refractivity contribution in [1.82, 2.24) is 0 Å². The SMILES string of the molecule is CC(C)(COCC(C)(C)Cc1cc(F)c(Cl)cc1N)Cc1cc(F)c(Cl)cc1N. The molecule has 0 aliphatic rings. The Hall–Kier alpha value is -1.56. The molecule has 0 heterocycles. The molecule has 2 rings (SSSR count). The Labute approximate surface area is 181 Å². The summed E-state index contributed by atoms with van der Waals surface area (Å²) in [6.45, 7) is 9.00. The van der Waals surface area contributed by atoms with Crippen LogP contribution in [0.15, 0.2) is 24.3 Å². The summed E-state index contributed by atoms with van der Waals surface area (Å²) in [7, 11) is 0. The maximum atomic E-state index is 13.8. The molecule has 0 bridgehead atoms. The lowest BCUT2D eigenvalue weighted by atomic mass is 9.84. The van der Waals surface area contributed by atoms with Crippen LogP contribution in [0.1, 0.15) is 38.8 Å². The maximum absolute atomic E-state index is 13.8. The number of rotatable bonds is 8. The van der Waals surface area contributed by atoms with Gasteiger partial charge in [0, 0.05) is 11.4 Å². The molecule has 0 atom stereocenters. The number of benzene rings is 2. The second-order valence-corrected chi connectivity index (χ2v) is 9.92. The van der Waals surface area contributed by atoms with E-state index >= 15 is 0 Å². The second kappa shape index (κ2) is 9.07. The van der Waals surface area contributed by atoms with Crippen LogP contribution in [0.5, 0.6) is 0 Å². The molecule has 0 aliphatic heterocycles. The molecule has 0 radical (unpaired) electrons. The number of nitrogens with two attached hydrogens (primary N) is 2. The van der Waals surface area contributed by atoms with Gasteiger partial charge in [-0.1, -0.05) is 50.9 Å². The lowest BCUT2D eigenvalue weighted by Gasteiger charge is -2.30. The van der Waals surface area contributed by atoms with E-state index in [0.29, 0.717) is 48.6 Å². The van der Waals surface area contributed by atoms with E-state index in [1.54, 1.807) is 0 Å². The smallest absolute Gasteiger partial charge is 0.142 e. The highest BCUT2D eigenvalue weighted by Gasteiger charge is 2.25. The average Bonchev–Trinajstić information content (AvgIpc) is 2.56. The number of halogens is 4. The van der Waals surface area contributed by atoms with E-state index in [-0.39, 0.29) is 20.9 Å². The molecule has 3 nitrogen and oxygen atoms in total. The maximum Gasteiger partial charge on any atom is 0.142 e. The fourth-order valence-electron chi connectivity index (χ4n) is 3.25. The van der Waals surface area contributed by atoms with Gasteiger partial charge in [0.2, 0.25) is 0 Å². The number of nitrogen functional groups attached to an aromatic ring is 2. The highest BCUT2D eigenvalue weighted by atomic mass is 35.5. The standard InChI is InChI=1S/C22H28Cl2F2N2O/c1-21(2,9-13-5-17(25)15(23)7-19(13)27)11-29-12-22(3,4)10-14-6-18(26)16(24)8-20(14)28/h5-8H,9-12,27-28H2,1-4H3. The molecular formula is C22H28Cl2F2N2O.